The van der Waals surface area contributed by atoms with Gasteiger partial charge in [-0.1, -0.05) is 11.6 Å². The average Bonchev–Trinajstić information content (AvgIpc) is 3.28. The Hall–Kier alpha value is -1.77. The number of aromatic nitrogens is 2. The van der Waals surface area contributed by atoms with Crippen molar-refractivity contribution in [1.29, 1.82) is 0 Å². The van der Waals surface area contributed by atoms with Crippen molar-refractivity contribution in [3.8, 4) is 0 Å². The molecule has 1 aromatic carbocycles. The van der Waals surface area contributed by atoms with E-state index in [1.807, 2.05) is 6.26 Å². The van der Waals surface area contributed by atoms with Crippen molar-refractivity contribution in [2.45, 2.75) is 37.2 Å². The number of hydrogen-bond acceptors (Lipinski definition) is 5. The third-order valence-corrected chi connectivity index (χ3v) is 7.56. The summed E-state index contributed by atoms with van der Waals surface area (Å²) in [6.45, 7) is 0. The van der Waals surface area contributed by atoms with Crippen molar-refractivity contribution in [3.05, 3.63) is 40.3 Å². The van der Waals surface area contributed by atoms with Crippen molar-refractivity contribution in [1.82, 2.24) is 9.78 Å². The van der Waals surface area contributed by atoms with E-state index in [-0.39, 0.29) is 16.8 Å². The highest BCUT2D eigenvalue weighted by molar-refractivity contribution is 7.98. The average molecular weight is 453 g/mol. The highest BCUT2D eigenvalue weighted by Gasteiger charge is 2.49. The van der Waals surface area contributed by atoms with Gasteiger partial charge in [-0.15, -0.1) is 0 Å². The topological polar surface area (TPSA) is 93.2 Å². The first-order valence-electron chi connectivity index (χ1n) is 10.0. The summed E-state index contributed by atoms with van der Waals surface area (Å²) < 4.78 is 14.9. The second-order valence-corrected chi connectivity index (χ2v) is 9.88. The zero-order valence-corrected chi connectivity index (χ0v) is 18.6. The standard InChI is InChI=1S/C21H26ClFN4O2S/c1-27-19(24)17(20(28)25-14-3-4-16(23)15(22)7-14)18(26-27)11-5-12-8-21(29,10-30-2)9-13(12)6-11/h3-4,7,11-13,29H,5-6,8-10,24H2,1-2H3,(H,25,28). The maximum Gasteiger partial charge on any atom is 0.261 e. The molecular weight excluding hydrogens is 427 g/mol. The molecule has 2 aliphatic rings. The summed E-state index contributed by atoms with van der Waals surface area (Å²) in [5.74, 6) is 1.12. The number of aryl methyl sites for hydroxylation is 1. The van der Waals surface area contributed by atoms with Crippen LogP contribution in [0.15, 0.2) is 18.2 Å². The molecule has 1 heterocycles. The van der Waals surface area contributed by atoms with Gasteiger partial charge in [0.25, 0.3) is 5.91 Å². The van der Waals surface area contributed by atoms with Gasteiger partial charge >= 0.3 is 0 Å². The molecule has 0 spiro atoms. The van der Waals surface area contributed by atoms with Crippen LogP contribution in [0.4, 0.5) is 15.9 Å². The number of carbonyl (C=O) groups excluding carboxylic acids is 1. The summed E-state index contributed by atoms with van der Waals surface area (Å²) in [4.78, 5) is 13.0. The maximum atomic E-state index is 13.4. The maximum absolute atomic E-state index is 13.4. The van der Waals surface area contributed by atoms with E-state index in [0.29, 0.717) is 34.6 Å². The van der Waals surface area contributed by atoms with Crippen LogP contribution in [-0.2, 0) is 7.05 Å². The molecule has 162 valence electrons. The van der Waals surface area contributed by atoms with Crippen LogP contribution < -0.4 is 11.1 Å². The quantitative estimate of drug-likeness (QED) is 0.636. The van der Waals surface area contributed by atoms with E-state index in [4.69, 9.17) is 17.3 Å². The zero-order valence-electron chi connectivity index (χ0n) is 17.0. The molecule has 30 heavy (non-hydrogen) atoms. The number of aliphatic hydroxyl groups is 1. The van der Waals surface area contributed by atoms with Crippen molar-refractivity contribution >= 4 is 40.8 Å². The van der Waals surface area contributed by atoms with Crippen molar-refractivity contribution < 1.29 is 14.3 Å². The summed E-state index contributed by atoms with van der Waals surface area (Å²) in [6, 6.07) is 4.03. The molecule has 4 N–H and O–H groups in total. The minimum Gasteiger partial charge on any atom is -0.389 e. The molecule has 2 aliphatic carbocycles. The predicted octanol–water partition coefficient (Wildman–Crippen LogP) is 4.04. The minimum atomic E-state index is -0.578. The van der Waals surface area contributed by atoms with Crippen molar-refractivity contribution in [2.24, 2.45) is 18.9 Å². The lowest BCUT2D eigenvalue weighted by Gasteiger charge is -2.23. The van der Waals surface area contributed by atoms with Gasteiger partial charge in [0.1, 0.15) is 17.2 Å². The molecule has 0 saturated heterocycles. The number of halogens is 2. The Bertz CT molecular complexity index is 968. The number of carbonyl (C=O) groups is 1. The fraction of sp³-hybridized carbons (Fsp3) is 0.524. The molecule has 9 heteroatoms. The molecule has 0 radical (unpaired) electrons. The third kappa shape index (κ3) is 3.92. The van der Waals surface area contributed by atoms with Gasteiger partial charge in [0.15, 0.2) is 0 Å². The summed E-state index contributed by atoms with van der Waals surface area (Å²) in [5, 5.41) is 18.1. The van der Waals surface area contributed by atoms with Gasteiger partial charge in [-0.25, -0.2) is 4.39 Å². The minimum absolute atomic E-state index is 0.0615. The summed E-state index contributed by atoms with van der Waals surface area (Å²) >= 11 is 7.50. The molecule has 2 aromatic rings. The number of amides is 1. The fourth-order valence-electron chi connectivity index (χ4n) is 5.23. The van der Waals surface area contributed by atoms with E-state index in [1.54, 1.807) is 18.8 Å². The van der Waals surface area contributed by atoms with Crippen LogP contribution in [-0.4, -0.2) is 38.4 Å². The van der Waals surface area contributed by atoms with Gasteiger partial charge in [0, 0.05) is 24.4 Å². The summed E-state index contributed by atoms with van der Waals surface area (Å²) in [6.07, 6.45) is 5.39. The lowest BCUT2D eigenvalue weighted by Crippen LogP contribution is -2.29. The van der Waals surface area contributed by atoms with Crippen LogP contribution in [0, 0.1) is 17.7 Å². The number of nitrogens with one attached hydrogen (secondary N) is 1. The van der Waals surface area contributed by atoms with E-state index in [1.165, 1.54) is 22.9 Å². The van der Waals surface area contributed by atoms with E-state index in [2.05, 4.69) is 10.4 Å². The number of benzene rings is 1. The highest BCUT2D eigenvalue weighted by Crippen LogP contribution is 2.54. The molecule has 2 fully saturated rings. The first-order chi connectivity index (χ1) is 14.2. The predicted molar refractivity (Wildman–Crippen MR) is 119 cm³/mol. The Morgan fingerprint density at radius 3 is 2.70 bits per heavy atom. The molecule has 0 aliphatic heterocycles. The second-order valence-electron chi connectivity index (χ2n) is 8.61. The van der Waals surface area contributed by atoms with Crippen LogP contribution in [0.3, 0.4) is 0 Å². The largest absolute Gasteiger partial charge is 0.389 e. The number of hydrogen-bond donors (Lipinski definition) is 3. The van der Waals surface area contributed by atoms with E-state index < -0.39 is 11.4 Å². The molecular formula is C21H26ClFN4O2S. The first-order valence-corrected chi connectivity index (χ1v) is 11.8. The molecule has 1 aromatic heterocycles. The highest BCUT2D eigenvalue weighted by atomic mass is 35.5. The van der Waals surface area contributed by atoms with Crippen LogP contribution in [0.5, 0.6) is 0 Å². The third-order valence-electron chi connectivity index (χ3n) is 6.45. The lowest BCUT2D eigenvalue weighted by atomic mass is 9.92. The van der Waals surface area contributed by atoms with Crippen molar-refractivity contribution in [2.75, 3.05) is 23.1 Å². The van der Waals surface area contributed by atoms with Crippen LogP contribution in [0.2, 0.25) is 5.02 Å². The van der Waals surface area contributed by atoms with Gasteiger partial charge in [-0.2, -0.15) is 16.9 Å². The SMILES string of the molecule is CSCC1(O)CC2CC(c3nn(C)c(N)c3C(=O)Nc3ccc(F)c(Cl)c3)CC2C1. The van der Waals surface area contributed by atoms with Crippen LogP contribution >= 0.6 is 23.4 Å². The number of nitrogen functional groups attached to an aromatic ring is 1. The van der Waals surface area contributed by atoms with Gasteiger partial charge in [-0.3, -0.25) is 9.48 Å². The normalized spacial score (nSPS) is 28.0. The van der Waals surface area contributed by atoms with E-state index in [0.717, 1.165) is 31.4 Å². The molecule has 0 bridgehead atoms. The monoisotopic (exact) mass is 452 g/mol. The smallest absolute Gasteiger partial charge is 0.261 e. The fourth-order valence-corrected chi connectivity index (χ4v) is 6.18. The van der Waals surface area contributed by atoms with E-state index >= 15 is 0 Å². The molecule has 2 saturated carbocycles. The number of thioether (sulfide) groups is 1. The summed E-state index contributed by atoms with van der Waals surface area (Å²) in [7, 11) is 1.72. The van der Waals surface area contributed by atoms with Crippen molar-refractivity contribution in [3.63, 3.8) is 0 Å². The number of anilines is 2. The number of nitrogens with zero attached hydrogens (tertiary/aromatic N) is 2. The Labute approximate surface area is 184 Å². The van der Waals surface area contributed by atoms with Gasteiger partial charge in [0.05, 0.1) is 16.3 Å². The Morgan fingerprint density at radius 2 is 2.10 bits per heavy atom. The van der Waals surface area contributed by atoms with Gasteiger partial charge < -0.3 is 16.2 Å². The van der Waals surface area contributed by atoms with E-state index in [9.17, 15) is 14.3 Å². The molecule has 4 rings (SSSR count). The lowest BCUT2D eigenvalue weighted by molar-refractivity contribution is 0.0630. The van der Waals surface area contributed by atoms with Gasteiger partial charge in [0.2, 0.25) is 0 Å². The Morgan fingerprint density at radius 1 is 1.43 bits per heavy atom. The molecule has 1 amide bonds. The Kier molecular flexibility index (Phi) is 5.76. The number of nitrogens with two attached hydrogens (primary N) is 1. The van der Waals surface area contributed by atoms with Crippen LogP contribution in [0.1, 0.15) is 47.7 Å². The van der Waals surface area contributed by atoms with Crippen LogP contribution in [0.25, 0.3) is 0 Å². The Balaban J connectivity index is 1.54. The molecule has 6 nitrogen and oxygen atoms in total. The number of rotatable bonds is 5. The molecule has 2 atom stereocenters. The zero-order chi connectivity index (χ0) is 21.6. The summed E-state index contributed by atoms with van der Waals surface area (Å²) in [5.41, 5.74) is 7.07. The molecule has 2 unspecified atom stereocenters. The first kappa shape index (κ1) is 21.5. The second kappa shape index (κ2) is 8.05. The number of fused-ring (bicyclic) bond motifs is 1. The van der Waals surface area contributed by atoms with Gasteiger partial charge in [-0.05, 0) is 62.0 Å².